The van der Waals surface area contributed by atoms with E-state index >= 15 is 0 Å². The Kier molecular flexibility index (Phi) is 6.74. The highest BCUT2D eigenvalue weighted by Crippen LogP contribution is 2.30. The van der Waals surface area contributed by atoms with Crippen molar-refractivity contribution in [2.24, 2.45) is 0 Å². The van der Waals surface area contributed by atoms with Crippen LogP contribution < -0.4 is 10.6 Å². The number of amides is 1. The van der Waals surface area contributed by atoms with E-state index < -0.39 is 17.9 Å². The number of nitrogens with zero attached hydrogens (tertiary/aromatic N) is 1. The van der Waals surface area contributed by atoms with E-state index in [1.54, 1.807) is 34.9 Å². The van der Waals surface area contributed by atoms with Crippen LogP contribution >= 0.6 is 0 Å². The van der Waals surface area contributed by atoms with Gasteiger partial charge >= 0.3 is 5.97 Å². The standard InChI is InChI=1S/C29H27N3O5/c33-21-9-6-19(7-10-21)14-24(29(36)37)31-28(35)20-8-11-25-23(16-20)22-12-13-30-17-26(22)32(25)27(34)15-18-4-2-1-3-5-18/h1-11,16,24,30,33H,12-15,17H2,(H,31,35)(H,36,37). The number of hydrogen-bond acceptors (Lipinski definition) is 5. The molecule has 4 aromatic rings. The summed E-state index contributed by atoms with van der Waals surface area (Å²) in [6.45, 7) is 1.32. The Morgan fingerprint density at radius 2 is 1.73 bits per heavy atom. The molecular formula is C29H27N3O5. The van der Waals surface area contributed by atoms with Gasteiger partial charge in [-0.2, -0.15) is 0 Å². The lowest BCUT2D eigenvalue weighted by Crippen LogP contribution is -2.42. The van der Waals surface area contributed by atoms with Crippen molar-refractivity contribution < 1.29 is 24.6 Å². The second-order valence-corrected chi connectivity index (χ2v) is 9.21. The number of fused-ring (bicyclic) bond motifs is 3. The van der Waals surface area contributed by atoms with Gasteiger partial charge in [0.1, 0.15) is 11.8 Å². The first kappa shape index (κ1) is 24.3. The number of carboxylic acid groups (broad SMARTS) is 1. The molecule has 1 amide bonds. The molecule has 0 bridgehead atoms. The summed E-state index contributed by atoms with van der Waals surface area (Å²) in [5.74, 6) is -1.61. The highest BCUT2D eigenvalue weighted by atomic mass is 16.4. The number of aromatic hydroxyl groups is 1. The van der Waals surface area contributed by atoms with E-state index in [1.165, 1.54) is 12.1 Å². The minimum Gasteiger partial charge on any atom is -0.508 e. The molecule has 4 N–H and O–H groups in total. The largest absolute Gasteiger partial charge is 0.508 e. The molecule has 1 aromatic heterocycles. The van der Waals surface area contributed by atoms with Crippen LogP contribution in [0.2, 0.25) is 0 Å². The number of carbonyl (C=O) groups is 3. The molecule has 8 heteroatoms. The molecule has 0 radical (unpaired) electrons. The van der Waals surface area contributed by atoms with Gasteiger partial charge in [-0.1, -0.05) is 42.5 Å². The SMILES string of the molecule is O=C(NC(Cc1ccc(O)cc1)C(=O)O)c1ccc2c(c1)c1c(n2C(=O)Cc2ccccc2)CNCC1. The minimum absolute atomic E-state index is 0.0433. The molecule has 1 aliphatic rings. The first-order valence-electron chi connectivity index (χ1n) is 12.2. The fourth-order valence-electron chi connectivity index (χ4n) is 4.88. The topological polar surface area (TPSA) is 121 Å². The highest BCUT2D eigenvalue weighted by molar-refractivity contribution is 6.03. The summed E-state index contributed by atoms with van der Waals surface area (Å²) in [5.41, 5.74) is 4.61. The van der Waals surface area contributed by atoms with E-state index in [1.807, 2.05) is 30.3 Å². The zero-order valence-electron chi connectivity index (χ0n) is 20.1. The lowest BCUT2D eigenvalue weighted by molar-refractivity contribution is -0.139. The normalized spacial score (nSPS) is 13.6. The van der Waals surface area contributed by atoms with Gasteiger partial charge in [0.15, 0.2) is 0 Å². The van der Waals surface area contributed by atoms with E-state index in [4.69, 9.17) is 0 Å². The maximum atomic E-state index is 13.4. The van der Waals surface area contributed by atoms with Crippen molar-refractivity contribution in [2.45, 2.75) is 31.8 Å². The van der Waals surface area contributed by atoms with E-state index in [-0.39, 0.29) is 24.5 Å². The van der Waals surface area contributed by atoms with Crippen molar-refractivity contribution in [1.82, 2.24) is 15.2 Å². The Hall–Kier alpha value is -4.43. The number of phenols is 1. The summed E-state index contributed by atoms with van der Waals surface area (Å²) in [5, 5.41) is 25.9. The zero-order valence-corrected chi connectivity index (χ0v) is 20.1. The molecule has 1 aliphatic heterocycles. The molecule has 8 nitrogen and oxygen atoms in total. The smallest absolute Gasteiger partial charge is 0.326 e. The van der Waals surface area contributed by atoms with Crippen LogP contribution in [0.15, 0.2) is 72.8 Å². The summed E-state index contributed by atoms with van der Waals surface area (Å²) >= 11 is 0. The van der Waals surface area contributed by atoms with Gasteiger partial charge in [-0.25, -0.2) is 4.79 Å². The van der Waals surface area contributed by atoms with Gasteiger partial charge in [0.05, 0.1) is 11.9 Å². The Labute approximate surface area is 213 Å². The molecule has 0 saturated heterocycles. The molecule has 1 atom stereocenters. The number of benzene rings is 3. The predicted octanol–water partition coefficient (Wildman–Crippen LogP) is 3.30. The molecule has 0 fully saturated rings. The second kappa shape index (κ2) is 10.3. The third-order valence-corrected chi connectivity index (χ3v) is 6.71. The van der Waals surface area contributed by atoms with E-state index in [0.717, 1.165) is 40.7 Å². The predicted molar refractivity (Wildman–Crippen MR) is 139 cm³/mol. The van der Waals surface area contributed by atoms with E-state index in [9.17, 15) is 24.6 Å². The van der Waals surface area contributed by atoms with E-state index in [2.05, 4.69) is 10.6 Å². The molecule has 3 aromatic carbocycles. The number of aromatic nitrogens is 1. The van der Waals surface area contributed by atoms with Crippen molar-refractivity contribution >= 4 is 28.7 Å². The summed E-state index contributed by atoms with van der Waals surface area (Å²) in [7, 11) is 0. The number of carboxylic acids is 1. The van der Waals surface area contributed by atoms with Crippen molar-refractivity contribution in [3.8, 4) is 5.75 Å². The first-order chi connectivity index (χ1) is 17.9. The van der Waals surface area contributed by atoms with Crippen LogP contribution in [-0.2, 0) is 30.6 Å². The van der Waals surface area contributed by atoms with Crippen molar-refractivity contribution in [3.63, 3.8) is 0 Å². The van der Waals surface area contributed by atoms with Crippen LogP contribution in [0.3, 0.4) is 0 Å². The summed E-state index contributed by atoms with van der Waals surface area (Å²) in [6, 6.07) is 19.8. The van der Waals surface area contributed by atoms with Crippen LogP contribution in [0.25, 0.3) is 10.9 Å². The summed E-state index contributed by atoms with van der Waals surface area (Å²) in [6.07, 6.45) is 1.06. The third kappa shape index (κ3) is 5.10. The van der Waals surface area contributed by atoms with Crippen molar-refractivity contribution in [3.05, 3.63) is 101 Å². The lowest BCUT2D eigenvalue weighted by atomic mass is 10.0. The van der Waals surface area contributed by atoms with Crippen LogP contribution in [0.4, 0.5) is 0 Å². The summed E-state index contributed by atoms with van der Waals surface area (Å²) < 4.78 is 1.75. The zero-order chi connectivity index (χ0) is 25.9. The van der Waals surface area contributed by atoms with Gasteiger partial charge < -0.3 is 20.8 Å². The number of hydrogen-bond donors (Lipinski definition) is 4. The van der Waals surface area contributed by atoms with Crippen LogP contribution in [0.1, 0.15) is 37.5 Å². The number of phenolic OH excluding ortho intramolecular Hbond substituents is 1. The monoisotopic (exact) mass is 497 g/mol. The average Bonchev–Trinajstić information content (AvgIpc) is 3.24. The number of nitrogens with one attached hydrogen (secondary N) is 2. The number of rotatable bonds is 7. The Morgan fingerprint density at radius 3 is 2.46 bits per heavy atom. The Balaban J connectivity index is 1.44. The Bertz CT molecular complexity index is 1480. The molecule has 0 aliphatic carbocycles. The van der Waals surface area contributed by atoms with Gasteiger partial charge in [0.2, 0.25) is 5.91 Å². The Morgan fingerprint density at radius 1 is 0.973 bits per heavy atom. The molecule has 188 valence electrons. The van der Waals surface area contributed by atoms with Gasteiger partial charge in [-0.15, -0.1) is 0 Å². The molecule has 1 unspecified atom stereocenters. The van der Waals surface area contributed by atoms with Gasteiger partial charge in [-0.3, -0.25) is 14.2 Å². The first-order valence-corrected chi connectivity index (χ1v) is 12.2. The van der Waals surface area contributed by atoms with Gasteiger partial charge in [-0.05, 0) is 60.0 Å². The molecule has 0 spiro atoms. The van der Waals surface area contributed by atoms with Crippen LogP contribution in [0, 0.1) is 0 Å². The molecule has 2 heterocycles. The van der Waals surface area contributed by atoms with Crippen molar-refractivity contribution in [1.29, 1.82) is 0 Å². The number of carbonyl (C=O) groups excluding carboxylic acids is 2. The molecule has 5 rings (SSSR count). The van der Waals surface area contributed by atoms with Crippen LogP contribution in [0.5, 0.6) is 5.75 Å². The average molecular weight is 498 g/mol. The van der Waals surface area contributed by atoms with Gasteiger partial charge in [0.25, 0.3) is 5.91 Å². The third-order valence-electron chi connectivity index (χ3n) is 6.71. The van der Waals surface area contributed by atoms with Crippen LogP contribution in [-0.4, -0.2) is 45.2 Å². The second-order valence-electron chi connectivity index (χ2n) is 9.21. The van der Waals surface area contributed by atoms with Gasteiger partial charge in [0, 0.05) is 29.6 Å². The maximum absolute atomic E-state index is 13.4. The van der Waals surface area contributed by atoms with E-state index in [0.29, 0.717) is 17.7 Å². The quantitative estimate of drug-likeness (QED) is 0.311. The maximum Gasteiger partial charge on any atom is 0.326 e. The molecule has 0 saturated carbocycles. The number of aliphatic carboxylic acids is 1. The minimum atomic E-state index is -1.15. The van der Waals surface area contributed by atoms with Crippen molar-refractivity contribution in [2.75, 3.05) is 6.54 Å². The fourth-order valence-corrected chi connectivity index (χ4v) is 4.88. The highest BCUT2D eigenvalue weighted by Gasteiger charge is 2.26. The fraction of sp³-hybridized carbons (Fsp3) is 0.207. The molecular weight excluding hydrogens is 470 g/mol. The summed E-state index contributed by atoms with van der Waals surface area (Å²) in [4.78, 5) is 38.3. The lowest BCUT2D eigenvalue weighted by Gasteiger charge is -2.16. The molecule has 37 heavy (non-hydrogen) atoms.